The highest BCUT2D eigenvalue weighted by Gasteiger charge is 2.32. The van der Waals surface area contributed by atoms with Crippen LogP contribution in [0.1, 0.15) is 40.0 Å². The van der Waals surface area contributed by atoms with Gasteiger partial charge in [-0.05, 0) is 88.8 Å². The Hall–Kier alpha value is -7.57. The van der Waals surface area contributed by atoms with Crippen LogP contribution in [0.15, 0.2) is 188 Å². The third-order valence-electron chi connectivity index (χ3n) is 11.4. The number of hydrogen-bond donors (Lipinski definition) is 0. The van der Waals surface area contributed by atoms with E-state index >= 15 is 0 Å². The first-order chi connectivity index (χ1) is 33.9. The number of nitrogens with zero attached hydrogens (tertiary/aromatic N) is 5. The molecule has 0 saturated carbocycles. The highest BCUT2D eigenvalue weighted by molar-refractivity contribution is 6.09. The standard InChI is InChI=1S/C55H45N5O/c1-55(2,3)39-32-45(37-18-7-5-8-19-37)53(46(33-39)38-20-9-6-10-21-38)59-36-58(50-28-15-16-29-51(50)59)40-22-17-23-41(34-40)61-42-30-31-44-43-24-11-13-26-48(43)60(52(44)35-42)54-56-47-25-12-14-27-49(47)57(54)4/h5-35H,36H2,1-4H3/i4D3,11D,13D,17D,22D,23D,24D,26D. The maximum Gasteiger partial charge on any atom is 0.215 e. The molecule has 61 heavy (non-hydrogen) atoms. The molecule has 10 aromatic rings. The van der Waals surface area contributed by atoms with Crippen molar-refractivity contribution in [3.8, 4) is 39.7 Å². The number of hydrogen-bond acceptors (Lipinski definition) is 4. The number of aryl methyl sites for hydroxylation is 1. The van der Waals surface area contributed by atoms with Crippen LogP contribution in [-0.2, 0) is 12.4 Å². The van der Waals surface area contributed by atoms with E-state index in [0.29, 0.717) is 22.1 Å². The first kappa shape index (κ1) is 27.2. The summed E-state index contributed by atoms with van der Waals surface area (Å²) in [5, 5.41) is 0.542. The number of anilines is 4. The van der Waals surface area contributed by atoms with Crippen molar-refractivity contribution >= 4 is 55.6 Å². The third kappa shape index (κ3) is 6.22. The monoisotopic (exact) mass is 801 g/mol. The largest absolute Gasteiger partial charge is 0.457 e. The number of rotatable bonds is 7. The summed E-state index contributed by atoms with van der Waals surface area (Å²) in [5.41, 5.74) is 9.03. The molecule has 8 aromatic carbocycles. The molecular formula is C55H45N5O. The first-order valence-electron chi connectivity index (χ1n) is 25.2. The van der Waals surface area contributed by atoms with E-state index in [1.165, 1.54) is 10.1 Å². The predicted molar refractivity (Wildman–Crippen MR) is 253 cm³/mol. The molecular weight excluding hydrogens is 747 g/mol. The second-order valence-electron chi connectivity index (χ2n) is 16.2. The average Bonchev–Trinajstić information content (AvgIpc) is 4.05. The van der Waals surface area contributed by atoms with Crippen LogP contribution in [0.2, 0.25) is 0 Å². The number of ether oxygens (including phenoxy) is 1. The molecule has 296 valence electrons. The van der Waals surface area contributed by atoms with Crippen LogP contribution in [-0.4, -0.2) is 20.8 Å². The third-order valence-corrected chi connectivity index (χ3v) is 11.4. The Balaban J connectivity index is 1.08. The van der Waals surface area contributed by atoms with Gasteiger partial charge in [-0.1, -0.05) is 130 Å². The normalized spacial score (nSPS) is 15.3. The summed E-state index contributed by atoms with van der Waals surface area (Å²) in [7, 11) is 0. The molecule has 0 radical (unpaired) electrons. The minimum atomic E-state index is -2.75. The SMILES string of the molecule is [2H]c1c(Oc2ccc3c4c([2H])c([2H])c([2H])c([2H])c4n(-c4nc5ccccc5n4C([2H])([2H])[2H])c3c2)cc(N2CN(c3c(-c4ccccc4)cc(C(C)(C)C)cc3-c3ccccc3)c3ccccc32)c([2H])c1[2H]. The van der Waals surface area contributed by atoms with Crippen LogP contribution < -0.4 is 14.5 Å². The van der Waals surface area contributed by atoms with E-state index in [1.807, 2.05) is 65.6 Å². The molecule has 0 aliphatic carbocycles. The van der Waals surface area contributed by atoms with E-state index in [2.05, 4.69) is 62.1 Å². The van der Waals surface area contributed by atoms with Crippen molar-refractivity contribution in [1.29, 1.82) is 0 Å². The van der Waals surface area contributed by atoms with Crippen LogP contribution in [0.25, 0.3) is 61.0 Å². The van der Waals surface area contributed by atoms with Crippen LogP contribution in [0.5, 0.6) is 11.5 Å². The second kappa shape index (κ2) is 14.3. The summed E-state index contributed by atoms with van der Waals surface area (Å²) in [6, 6.07) is 43.7. The van der Waals surface area contributed by atoms with E-state index < -0.39 is 19.1 Å². The molecule has 2 aromatic heterocycles. The highest BCUT2D eigenvalue weighted by Crippen LogP contribution is 2.51. The second-order valence-corrected chi connectivity index (χ2v) is 16.2. The summed E-state index contributed by atoms with van der Waals surface area (Å²) >= 11 is 0. The maximum absolute atomic E-state index is 9.38. The molecule has 0 amide bonds. The Morgan fingerprint density at radius 3 is 1.98 bits per heavy atom. The number of para-hydroxylation sites is 5. The fourth-order valence-corrected chi connectivity index (χ4v) is 8.46. The minimum Gasteiger partial charge on any atom is -0.457 e. The maximum atomic E-state index is 9.38. The molecule has 6 nitrogen and oxygen atoms in total. The number of fused-ring (bicyclic) bond motifs is 5. The molecule has 3 heterocycles. The molecule has 0 bridgehead atoms. The van der Waals surface area contributed by atoms with Gasteiger partial charge in [0.25, 0.3) is 0 Å². The Kier molecular flexibility index (Phi) is 6.39. The zero-order valence-electron chi connectivity index (χ0n) is 43.7. The van der Waals surface area contributed by atoms with Crippen molar-refractivity contribution < 1.29 is 18.4 Å². The number of aromatic nitrogens is 3. The molecule has 0 atom stereocenters. The number of imidazole rings is 1. The molecule has 11 rings (SSSR count). The lowest BCUT2D eigenvalue weighted by Gasteiger charge is -2.30. The van der Waals surface area contributed by atoms with E-state index in [-0.39, 0.29) is 76.2 Å². The Morgan fingerprint density at radius 1 is 0.590 bits per heavy atom. The fraction of sp³-hybridized carbons (Fsp3) is 0.109. The van der Waals surface area contributed by atoms with Gasteiger partial charge in [-0.15, -0.1) is 0 Å². The lowest BCUT2D eigenvalue weighted by molar-refractivity contribution is 0.483. The van der Waals surface area contributed by atoms with Gasteiger partial charge in [-0.3, -0.25) is 4.57 Å². The van der Waals surface area contributed by atoms with Gasteiger partial charge in [0.2, 0.25) is 5.95 Å². The zero-order chi connectivity index (χ0) is 49.8. The van der Waals surface area contributed by atoms with Crippen molar-refractivity contribution in [3.63, 3.8) is 0 Å². The van der Waals surface area contributed by atoms with Gasteiger partial charge in [-0.2, -0.15) is 0 Å². The Morgan fingerprint density at radius 2 is 1.26 bits per heavy atom. The molecule has 1 aliphatic heterocycles. The summed E-state index contributed by atoms with van der Waals surface area (Å²) in [5.74, 6) is 0.0368. The lowest BCUT2D eigenvalue weighted by atomic mass is 9.82. The molecule has 6 heteroatoms. The average molecular weight is 802 g/mol. The van der Waals surface area contributed by atoms with Gasteiger partial charge < -0.3 is 19.1 Å². The first-order valence-corrected chi connectivity index (χ1v) is 20.2. The van der Waals surface area contributed by atoms with Gasteiger partial charge in [0.05, 0.1) is 48.7 Å². The van der Waals surface area contributed by atoms with Gasteiger partial charge >= 0.3 is 0 Å². The van der Waals surface area contributed by atoms with Crippen molar-refractivity contribution in [1.82, 2.24) is 14.1 Å². The van der Waals surface area contributed by atoms with E-state index in [9.17, 15) is 1.37 Å². The summed E-state index contributed by atoms with van der Waals surface area (Å²) in [6.45, 7) is 4.12. The van der Waals surface area contributed by atoms with Crippen molar-refractivity contribution in [3.05, 3.63) is 193 Å². The van der Waals surface area contributed by atoms with Crippen molar-refractivity contribution in [2.75, 3.05) is 16.5 Å². The summed E-state index contributed by atoms with van der Waals surface area (Å²) in [4.78, 5) is 8.95. The molecule has 1 aliphatic rings. The highest BCUT2D eigenvalue weighted by atomic mass is 16.5. The van der Waals surface area contributed by atoms with Crippen molar-refractivity contribution in [2.45, 2.75) is 26.2 Å². The molecule has 0 unspecified atom stereocenters. The fourth-order valence-electron chi connectivity index (χ4n) is 8.46. The van der Waals surface area contributed by atoms with E-state index in [1.54, 1.807) is 48.5 Å². The quantitative estimate of drug-likeness (QED) is 0.161. The van der Waals surface area contributed by atoms with Gasteiger partial charge in [0.1, 0.15) is 18.2 Å². The summed E-state index contributed by atoms with van der Waals surface area (Å²) < 4.78 is 97.8. The Labute approximate surface area is 370 Å². The van der Waals surface area contributed by atoms with Crippen LogP contribution in [0, 0.1) is 0 Å². The van der Waals surface area contributed by atoms with Crippen LogP contribution in [0.3, 0.4) is 0 Å². The van der Waals surface area contributed by atoms with E-state index in [4.69, 9.17) is 22.1 Å². The van der Waals surface area contributed by atoms with E-state index in [0.717, 1.165) is 43.9 Å². The van der Waals surface area contributed by atoms with Gasteiger partial charge in [-0.25, -0.2) is 4.98 Å². The van der Waals surface area contributed by atoms with Crippen molar-refractivity contribution in [2.24, 2.45) is 6.98 Å². The molecule has 0 fully saturated rings. The zero-order valence-corrected chi connectivity index (χ0v) is 33.7. The number of benzene rings is 8. The molecule has 0 spiro atoms. The predicted octanol–water partition coefficient (Wildman–Crippen LogP) is 14.3. The van der Waals surface area contributed by atoms with Gasteiger partial charge in [0.15, 0.2) is 0 Å². The minimum absolute atomic E-state index is 0.0237. The lowest BCUT2D eigenvalue weighted by Crippen LogP contribution is -2.25. The summed E-state index contributed by atoms with van der Waals surface area (Å²) in [6.07, 6.45) is 0. The van der Waals surface area contributed by atoms with Crippen LogP contribution in [0.4, 0.5) is 22.7 Å². The topological polar surface area (TPSA) is 38.5 Å². The Bertz CT molecular complexity index is 3730. The smallest absolute Gasteiger partial charge is 0.215 e. The van der Waals surface area contributed by atoms with Gasteiger partial charge in [0, 0.05) is 50.8 Å². The molecule has 0 saturated heterocycles. The molecule has 0 N–H and O–H groups in total. The van der Waals surface area contributed by atoms with Crippen LogP contribution >= 0.6 is 0 Å².